The van der Waals surface area contributed by atoms with Crippen LogP contribution in [-0.2, 0) is 0 Å². The quantitative estimate of drug-likeness (QED) is 0.493. The normalized spacial score (nSPS) is 19.8. The summed E-state index contributed by atoms with van der Waals surface area (Å²) in [5, 5.41) is 2.85. The van der Waals surface area contributed by atoms with E-state index in [1.165, 1.54) is 46.0 Å². The second kappa shape index (κ2) is 4.58. The predicted octanol–water partition coefficient (Wildman–Crippen LogP) is 4.73. The number of likely N-dealkylation sites (tertiary alicyclic amines) is 1. The molecule has 1 aliphatic rings. The number of aromatic nitrogens is 1. The zero-order valence-corrected chi connectivity index (χ0v) is 13.4. The van der Waals surface area contributed by atoms with Gasteiger partial charge in [0.05, 0.1) is 15.7 Å². The highest BCUT2D eigenvalue weighted by Gasteiger charge is 2.27. The summed E-state index contributed by atoms with van der Waals surface area (Å²) < 4.78 is 3.84. The average Bonchev–Trinajstić information content (AvgIpc) is 3.20. The van der Waals surface area contributed by atoms with E-state index in [2.05, 4.69) is 64.3 Å². The lowest BCUT2D eigenvalue weighted by Crippen LogP contribution is -2.13. The van der Waals surface area contributed by atoms with Crippen LogP contribution in [0.15, 0.2) is 48.5 Å². The van der Waals surface area contributed by atoms with Crippen molar-refractivity contribution in [2.45, 2.75) is 12.3 Å². The highest BCUT2D eigenvalue weighted by atomic mass is 32.1. The van der Waals surface area contributed by atoms with Crippen LogP contribution < -0.4 is 0 Å². The summed E-state index contributed by atoms with van der Waals surface area (Å²) in [4.78, 5) is 2.46. The molecule has 3 heteroatoms. The number of likely N-dealkylation sites (N-methyl/N-ethyl adjacent to an activating group) is 1. The molecule has 3 heterocycles. The molecule has 1 unspecified atom stereocenters. The molecule has 0 saturated carbocycles. The van der Waals surface area contributed by atoms with Crippen molar-refractivity contribution in [2.24, 2.45) is 0 Å². The molecule has 0 aliphatic carbocycles. The van der Waals surface area contributed by atoms with Crippen LogP contribution in [0.3, 0.4) is 0 Å². The molecule has 0 spiro atoms. The third-order valence-electron chi connectivity index (χ3n) is 5.00. The van der Waals surface area contributed by atoms with Crippen LogP contribution in [0.1, 0.15) is 17.9 Å². The summed E-state index contributed by atoms with van der Waals surface area (Å²) in [7, 11) is 2.24. The number of hydrogen-bond acceptors (Lipinski definition) is 2. The molecule has 0 radical (unpaired) electrons. The molecule has 4 aromatic rings. The predicted molar refractivity (Wildman–Crippen MR) is 95.1 cm³/mol. The largest absolute Gasteiger partial charge is 0.306 e. The van der Waals surface area contributed by atoms with Gasteiger partial charge >= 0.3 is 0 Å². The topological polar surface area (TPSA) is 7.65 Å². The van der Waals surface area contributed by atoms with Gasteiger partial charge in [-0.2, -0.15) is 0 Å². The Morgan fingerprint density at radius 2 is 1.77 bits per heavy atom. The number of fused-ring (bicyclic) bond motifs is 5. The Bertz CT molecular complexity index is 989. The maximum absolute atomic E-state index is 2.46. The van der Waals surface area contributed by atoms with E-state index in [1.807, 2.05) is 11.5 Å². The molecule has 2 aromatic heterocycles. The van der Waals surface area contributed by atoms with Gasteiger partial charge in [0.2, 0.25) is 0 Å². The van der Waals surface area contributed by atoms with Gasteiger partial charge in [-0.1, -0.05) is 47.9 Å². The Morgan fingerprint density at radius 3 is 2.59 bits per heavy atom. The molecule has 110 valence electrons. The van der Waals surface area contributed by atoms with Crippen molar-refractivity contribution in [1.29, 1.82) is 0 Å². The summed E-state index contributed by atoms with van der Waals surface area (Å²) in [6.07, 6.45) is 1.27. The lowest BCUT2D eigenvalue weighted by atomic mass is 9.95. The van der Waals surface area contributed by atoms with E-state index in [-0.39, 0.29) is 0 Å². The second-order valence-electron chi connectivity index (χ2n) is 6.41. The van der Waals surface area contributed by atoms with Gasteiger partial charge in [0.25, 0.3) is 0 Å². The first kappa shape index (κ1) is 12.7. The zero-order chi connectivity index (χ0) is 14.7. The zero-order valence-electron chi connectivity index (χ0n) is 12.6. The van der Waals surface area contributed by atoms with Crippen molar-refractivity contribution in [3.05, 3.63) is 54.1 Å². The SMILES string of the molecule is CN1CCC(c2c3ccccc3n3sc4ccccc4c23)C1. The van der Waals surface area contributed by atoms with Crippen LogP contribution in [0, 0.1) is 0 Å². The van der Waals surface area contributed by atoms with Gasteiger partial charge in [-0.15, -0.1) is 0 Å². The molecule has 0 amide bonds. The van der Waals surface area contributed by atoms with Gasteiger partial charge in [0.15, 0.2) is 0 Å². The molecule has 1 fully saturated rings. The van der Waals surface area contributed by atoms with E-state index < -0.39 is 0 Å². The number of hydrogen-bond donors (Lipinski definition) is 0. The smallest absolute Gasteiger partial charge is 0.0695 e. The summed E-state index contributed by atoms with van der Waals surface area (Å²) in [6, 6.07) is 17.7. The van der Waals surface area contributed by atoms with Crippen LogP contribution in [0.25, 0.3) is 26.5 Å². The third kappa shape index (κ3) is 1.64. The Balaban J connectivity index is 1.94. The van der Waals surface area contributed by atoms with Crippen molar-refractivity contribution in [1.82, 2.24) is 8.69 Å². The molecule has 0 N–H and O–H groups in total. The molecule has 2 nitrogen and oxygen atoms in total. The molecular weight excluding hydrogens is 288 g/mol. The maximum atomic E-state index is 2.46. The van der Waals surface area contributed by atoms with Gasteiger partial charge in [0.1, 0.15) is 0 Å². The van der Waals surface area contributed by atoms with E-state index in [4.69, 9.17) is 0 Å². The first-order valence-corrected chi connectivity index (χ1v) is 8.70. The highest BCUT2D eigenvalue weighted by Crippen LogP contribution is 2.42. The molecule has 0 bridgehead atoms. The lowest BCUT2D eigenvalue weighted by molar-refractivity contribution is 0.412. The van der Waals surface area contributed by atoms with Crippen LogP contribution in [0.2, 0.25) is 0 Å². The summed E-state index contributed by atoms with van der Waals surface area (Å²) >= 11 is 1.87. The first-order valence-electron chi connectivity index (χ1n) is 7.92. The van der Waals surface area contributed by atoms with Gasteiger partial charge in [-0.25, -0.2) is 0 Å². The molecule has 22 heavy (non-hydrogen) atoms. The van der Waals surface area contributed by atoms with Crippen LogP contribution in [-0.4, -0.2) is 28.8 Å². The molecule has 5 rings (SSSR count). The Hall–Kier alpha value is -1.84. The Labute approximate surface area is 133 Å². The number of benzene rings is 2. The summed E-state index contributed by atoms with van der Waals surface area (Å²) in [5.41, 5.74) is 4.38. The first-order chi connectivity index (χ1) is 10.8. The molecule has 1 aliphatic heterocycles. The van der Waals surface area contributed by atoms with Crippen molar-refractivity contribution >= 4 is 38.0 Å². The number of nitrogens with zero attached hydrogens (tertiary/aromatic N) is 2. The van der Waals surface area contributed by atoms with Crippen molar-refractivity contribution in [2.75, 3.05) is 20.1 Å². The van der Waals surface area contributed by atoms with E-state index in [0.29, 0.717) is 5.92 Å². The van der Waals surface area contributed by atoms with E-state index in [0.717, 1.165) is 0 Å². The van der Waals surface area contributed by atoms with Crippen LogP contribution in [0.4, 0.5) is 0 Å². The van der Waals surface area contributed by atoms with Gasteiger partial charge in [0, 0.05) is 23.2 Å². The second-order valence-corrected chi connectivity index (χ2v) is 7.40. The minimum atomic E-state index is 0.651. The van der Waals surface area contributed by atoms with Gasteiger partial charge in [-0.3, -0.25) is 3.79 Å². The summed E-state index contributed by atoms with van der Waals surface area (Å²) in [6.45, 7) is 2.38. The molecular formula is C19H18N2S. The van der Waals surface area contributed by atoms with Crippen molar-refractivity contribution < 1.29 is 0 Å². The van der Waals surface area contributed by atoms with Crippen LogP contribution in [0.5, 0.6) is 0 Å². The standard InChI is InChI=1S/C19H18N2S/c1-20-11-10-13(12-20)18-14-6-2-4-8-16(14)21-19(18)15-7-3-5-9-17(15)22-21/h2-9,13H,10-12H2,1H3. The fourth-order valence-electron chi connectivity index (χ4n) is 4.01. The summed E-state index contributed by atoms with van der Waals surface area (Å²) in [5.74, 6) is 0.651. The Kier molecular flexibility index (Phi) is 2.64. The number of rotatable bonds is 1. The molecule has 1 saturated heterocycles. The highest BCUT2D eigenvalue weighted by molar-refractivity contribution is 7.14. The fourth-order valence-corrected chi connectivity index (χ4v) is 5.15. The van der Waals surface area contributed by atoms with Crippen LogP contribution >= 0.6 is 11.5 Å². The van der Waals surface area contributed by atoms with Crippen molar-refractivity contribution in [3.8, 4) is 0 Å². The van der Waals surface area contributed by atoms with E-state index >= 15 is 0 Å². The maximum Gasteiger partial charge on any atom is 0.0695 e. The third-order valence-corrected chi connectivity index (χ3v) is 6.12. The number of para-hydroxylation sites is 1. The monoisotopic (exact) mass is 306 g/mol. The average molecular weight is 306 g/mol. The van der Waals surface area contributed by atoms with E-state index in [9.17, 15) is 0 Å². The molecule has 2 aromatic carbocycles. The Morgan fingerprint density at radius 1 is 1.00 bits per heavy atom. The van der Waals surface area contributed by atoms with Gasteiger partial charge in [-0.05, 0) is 37.7 Å². The van der Waals surface area contributed by atoms with E-state index in [1.54, 1.807) is 5.56 Å². The lowest BCUT2D eigenvalue weighted by Gasteiger charge is -2.10. The minimum Gasteiger partial charge on any atom is -0.306 e. The molecule has 1 atom stereocenters. The van der Waals surface area contributed by atoms with Crippen molar-refractivity contribution in [3.63, 3.8) is 0 Å². The minimum absolute atomic E-state index is 0.651. The fraction of sp³-hybridized carbons (Fsp3) is 0.263. The van der Waals surface area contributed by atoms with Gasteiger partial charge < -0.3 is 4.90 Å².